The lowest BCUT2D eigenvalue weighted by atomic mass is 10.2. The van der Waals surface area contributed by atoms with Crippen molar-refractivity contribution in [1.82, 2.24) is 4.98 Å². The normalized spacial score (nSPS) is 9.94. The molecule has 5 heteroatoms. The van der Waals surface area contributed by atoms with Crippen LogP contribution in [0.15, 0.2) is 47.4 Å². The van der Waals surface area contributed by atoms with Crippen LogP contribution in [0.5, 0.6) is 0 Å². The zero-order valence-corrected chi connectivity index (χ0v) is 9.49. The molecule has 0 spiro atoms. The van der Waals surface area contributed by atoms with Gasteiger partial charge in [0.05, 0.1) is 0 Å². The summed E-state index contributed by atoms with van der Waals surface area (Å²) < 4.78 is 0. The molecule has 0 saturated heterocycles. The largest absolute Gasteiger partial charge is 0.328 e. The van der Waals surface area contributed by atoms with Crippen LogP contribution >= 0.6 is 11.6 Å². The summed E-state index contributed by atoms with van der Waals surface area (Å²) in [7, 11) is 0. The minimum absolute atomic E-state index is 0.0625. The molecule has 0 fully saturated rings. The number of aromatic nitrogens is 1. The predicted molar refractivity (Wildman–Crippen MR) is 66.5 cm³/mol. The zero-order valence-electron chi connectivity index (χ0n) is 8.74. The van der Waals surface area contributed by atoms with Crippen LogP contribution < -0.4 is 10.9 Å². The molecule has 0 atom stereocenters. The van der Waals surface area contributed by atoms with Gasteiger partial charge in [-0.15, -0.1) is 0 Å². The number of hydrogen-bond donors (Lipinski definition) is 2. The first-order chi connectivity index (χ1) is 8.16. The number of anilines is 1. The Hall–Kier alpha value is -2.07. The third-order valence-corrected chi connectivity index (χ3v) is 2.38. The first-order valence-corrected chi connectivity index (χ1v) is 5.29. The summed E-state index contributed by atoms with van der Waals surface area (Å²) in [5, 5.41) is 3.11. The molecule has 1 aromatic heterocycles. The maximum absolute atomic E-state index is 11.8. The van der Waals surface area contributed by atoms with Gasteiger partial charge in [0.1, 0.15) is 5.56 Å². The van der Waals surface area contributed by atoms with Crippen LogP contribution in [0, 0.1) is 0 Å². The number of pyridine rings is 1. The minimum atomic E-state index is -0.464. The molecule has 0 radical (unpaired) electrons. The molecule has 0 aliphatic heterocycles. The van der Waals surface area contributed by atoms with E-state index < -0.39 is 11.5 Å². The van der Waals surface area contributed by atoms with Gasteiger partial charge in [-0.05, 0) is 30.3 Å². The molecule has 0 aliphatic rings. The van der Waals surface area contributed by atoms with Crippen LogP contribution in [0.25, 0.3) is 0 Å². The summed E-state index contributed by atoms with van der Waals surface area (Å²) in [4.78, 5) is 25.6. The van der Waals surface area contributed by atoms with Gasteiger partial charge in [-0.25, -0.2) is 0 Å². The molecule has 1 heterocycles. The van der Waals surface area contributed by atoms with Gasteiger partial charge in [-0.2, -0.15) is 0 Å². The van der Waals surface area contributed by atoms with Crippen LogP contribution in [0.2, 0.25) is 5.02 Å². The van der Waals surface area contributed by atoms with Crippen molar-refractivity contribution in [2.75, 3.05) is 5.32 Å². The Morgan fingerprint density at radius 1 is 1.24 bits per heavy atom. The molecular formula is C12H9ClN2O2. The number of carbonyl (C=O) groups excluding carboxylic acids is 1. The van der Waals surface area contributed by atoms with Crippen LogP contribution in [0.3, 0.4) is 0 Å². The van der Waals surface area contributed by atoms with Crippen molar-refractivity contribution in [2.24, 2.45) is 0 Å². The van der Waals surface area contributed by atoms with Crippen molar-refractivity contribution in [1.29, 1.82) is 0 Å². The van der Waals surface area contributed by atoms with Gasteiger partial charge in [0.25, 0.3) is 11.5 Å². The van der Waals surface area contributed by atoms with E-state index in [1.54, 1.807) is 30.3 Å². The minimum Gasteiger partial charge on any atom is -0.328 e. The first kappa shape index (κ1) is 11.4. The van der Waals surface area contributed by atoms with E-state index in [9.17, 15) is 9.59 Å². The molecular weight excluding hydrogens is 240 g/mol. The Morgan fingerprint density at radius 3 is 2.76 bits per heavy atom. The van der Waals surface area contributed by atoms with Crippen LogP contribution in [-0.4, -0.2) is 10.9 Å². The van der Waals surface area contributed by atoms with Gasteiger partial charge in [0.2, 0.25) is 0 Å². The van der Waals surface area contributed by atoms with Crippen LogP contribution in [0.4, 0.5) is 5.69 Å². The standard InChI is InChI=1S/C12H9ClN2O2/c13-8-3-1-4-9(7-8)15-12(17)10-5-2-6-14-11(10)16/h1-7H,(H,14,16)(H,15,17). The number of rotatable bonds is 2. The molecule has 2 rings (SSSR count). The monoisotopic (exact) mass is 248 g/mol. The highest BCUT2D eigenvalue weighted by Crippen LogP contribution is 2.15. The van der Waals surface area contributed by atoms with Crippen molar-refractivity contribution in [3.63, 3.8) is 0 Å². The second kappa shape index (κ2) is 4.84. The fraction of sp³-hybridized carbons (Fsp3) is 0. The maximum Gasteiger partial charge on any atom is 0.261 e. The van der Waals surface area contributed by atoms with E-state index in [1.165, 1.54) is 12.3 Å². The maximum atomic E-state index is 11.8. The van der Waals surface area contributed by atoms with E-state index in [0.29, 0.717) is 10.7 Å². The average molecular weight is 249 g/mol. The molecule has 1 amide bonds. The molecule has 4 nitrogen and oxygen atoms in total. The number of nitrogens with one attached hydrogen (secondary N) is 2. The van der Waals surface area contributed by atoms with Gasteiger partial charge in [-0.3, -0.25) is 9.59 Å². The van der Waals surface area contributed by atoms with Gasteiger partial charge < -0.3 is 10.3 Å². The fourth-order valence-corrected chi connectivity index (χ4v) is 1.56. The van der Waals surface area contributed by atoms with E-state index in [1.807, 2.05) is 0 Å². The molecule has 0 bridgehead atoms. The number of aromatic amines is 1. The van der Waals surface area contributed by atoms with Gasteiger partial charge in [0.15, 0.2) is 0 Å². The molecule has 1 aromatic carbocycles. The van der Waals surface area contributed by atoms with E-state index in [-0.39, 0.29) is 5.56 Å². The van der Waals surface area contributed by atoms with Crippen molar-refractivity contribution in [3.05, 3.63) is 63.5 Å². The Kier molecular flexibility index (Phi) is 3.25. The van der Waals surface area contributed by atoms with Crippen molar-refractivity contribution in [2.45, 2.75) is 0 Å². The number of benzene rings is 1. The van der Waals surface area contributed by atoms with Crippen molar-refractivity contribution < 1.29 is 4.79 Å². The summed E-state index contributed by atoms with van der Waals surface area (Å²) in [5.74, 6) is -0.464. The highest BCUT2D eigenvalue weighted by molar-refractivity contribution is 6.30. The Bertz CT molecular complexity index is 607. The molecule has 2 aromatic rings. The Balaban J connectivity index is 2.23. The molecule has 0 aliphatic carbocycles. The quantitative estimate of drug-likeness (QED) is 0.857. The van der Waals surface area contributed by atoms with Gasteiger partial charge in [-0.1, -0.05) is 17.7 Å². The summed E-state index contributed by atoms with van der Waals surface area (Å²) >= 11 is 5.79. The second-order valence-electron chi connectivity index (χ2n) is 3.38. The lowest BCUT2D eigenvalue weighted by molar-refractivity contribution is 0.102. The van der Waals surface area contributed by atoms with Crippen LogP contribution in [-0.2, 0) is 0 Å². The lowest BCUT2D eigenvalue weighted by Crippen LogP contribution is -2.22. The smallest absolute Gasteiger partial charge is 0.261 e. The van der Waals surface area contributed by atoms with E-state index in [2.05, 4.69) is 10.3 Å². The molecule has 86 valence electrons. The average Bonchev–Trinajstić information content (AvgIpc) is 2.29. The van der Waals surface area contributed by atoms with Gasteiger partial charge in [0, 0.05) is 16.9 Å². The first-order valence-electron chi connectivity index (χ1n) is 4.91. The number of halogens is 1. The second-order valence-corrected chi connectivity index (χ2v) is 3.81. The predicted octanol–water partition coefficient (Wildman–Crippen LogP) is 2.28. The Labute approximate surface area is 102 Å². The lowest BCUT2D eigenvalue weighted by Gasteiger charge is -2.04. The number of carbonyl (C=O) groups is 1. The van der Waals surface area contributed by atoms with Crippen molar-refractivity contribution >= 4 is 23.2 Å². The highest BCUT2D eigenvalue weighted by atomic mass is 35.5. The molecule has 2 N–H and O–H groups in total. The van der Waals surface area contributed by atoms with Gasteiger partial charge >= 0.3 is 0 Å². The number of amides is 1. The summed E-state index contributed by atoms with van der Waals surface area (Å²) in [5.41, 5.74) is 0.185. The third-order valence-electron chi connectivity index (χ3n) is 2.15. The van der Waals surface area contributed by atoms with E-state index >= 15 is 0 Å². The summed E-state index contributed by atoms with van der Waals surface area (Å²) in [6, 6.07) is 9.77. The fourth-order valence-electron chi connectivity index (χ4n) is 1.37. The van der Waals surface area contributed by atoms with Crippen molar-refractivity contribution in [3.8, 4) is 0 Å². The van der Waals surface area contributed by atoms with E-state index in [4.69, 9.17) is 11.6 Å². The molecule has 0 saturated carbocycles. The molecule has 0 unspecified atom stereocenters. The Morgan fingerprint density at radius 2 is 2.06 bits per heavy atom. The van der Waals surface area contributed by atoms with E-state index in [0.717, 1.165) is 0 Å². The summed E-state index contributed by atoms with van der Waals surface area (Å²) in [6.45, 7) is 0. The van der Waals surface area contributed by atoms with Crippen LogP contribution in [0.1, 0.15) is 10.4 Å². The zero-order chi connectivity index (χ0) is 12.3. The highest BCUT2D eigenvalue weighted by Gasteiger charge is 2.09. The topological polar surface area (TPSA) is 62.0 Å². The summed E-state index contributed by atoms with van der Waals surface area (Å²) in [6.07, 6.45) is 1.47. The molecule has 17 heavy (non-hydrogen) atoms. The number of H-pyrrole nitrogens is 1. The third kappa shape index (κ3) is 2.73. The number of hydrogen-bond acceptors (Lipinski definition) is 2. The SMILES string of the molecule is O=C(Nc1cccc(Cl)c1)c1ccc[nH]c1=O.